The molecule has 0 unspecified atom stereocenters. The number of hydrogen-bond acceptors (Lipinski definition) is 4. The van der Waals surface area contributed by atoms with Crippen LogP contribution in [0.25, 0.3) is 0 Å². The first-order chi connectivity index (χ1) is 11.3. The standard InChI is InChI=1S/C19H21NO3/c21-19(23-14-17-9-5-2-6-10-17)18-15-22-12-11-20(18)13-16-7-3-1-4-8-16/h1-10,18H,11-15H2/t18-/m1/s1. The molecule has 4 nitrogen and oxygen atoms in total. The molecule has 3 rings (SSSR count). The van der Waals surface area contributed by atoms with Gasteiger partial charge in [0, 0.05) is 13.1 Å². The van der Waals surface area contributed by atoms with E-state index in [1.807, 2.05) is 48.5 Å². The van der Waals surface area contributed by atoms with Crippen molar-refractivity contribution in [3.05, 3.63) is 71.8 Å². The van der Waals surface area contributed by atoms with Crippen molar-refractivity contribution in [1.82, 2.24) is 4.90 Å². The first-order valence-electron chi connectivity index (χ1n) is 7.89. The fourth-order valence-electron chi connectivity index (χ4n) is 2.69. The van der Waals surface area contributed by atoms with Gasteiger partial charge in [-0.2, -0.15) is 0 Å². The maximum Gasteiger partial charge on any atom is 0.326 e. The number of carbonyl (C=O) groups is 1. The fraction of sp³-hybridized carbons (Fsp3) is 0.316. The van der Waals surface area contributed by atoms with Gasteiger partial charge in [-0.05, 0) is 11.1 Å². The monoisotopic (exact) mass is 311 g/mol. The molecule has 1 fully saturated rings. The van der Waals surface area contributed by atoms with Crippen molar-refractivity contribution in [3.63, 3.8) is 0 Å². The van der Waals surface area contributed by atoms with E-state index in [0.29, 0.717) is 19.8 Å². The first kappa shape index (κ1) is 15.7. The summed E-state index contributed by atoms with van der Waals surface area (Å²) in [6.07, 6.45) is 0. The molecule has 0 aromatic heterocycles. The van der Waals surface area contributed by atoms with Crippen molar-refractivity contribution in [3.8, 4) is 0 Å². The summed E-state index contributed by atoms with van der Waals surface area (Å²) < 4.78 is 11.0. The van der Waals surface area contributed by atoms with Gasteiger partial charge in [0.05, 0.1) is 13.2 Å². The van der Waals surface area contributed by atoms with E-state index in [1.165, 1.54) is 5.56 Å². The van der Waals surface area contributed by atoms with E-state index < -0.39 is 0 Å². The van der Waals surface area contributed by atoms with E-state index in [9.17, 15) is 4.79 Å². The number of nitrogens with zero attached hydrogens (tertiary/aromatic N) is 1. The Kier molecular flexibility index (Phi) is 5.40. The molecular formula is C19H21NO3. The Bertz CT molecular complexity index is 615. The number of benzene rings is 2. The van der Waals surface area contributed by atoms with Gasteiger partial charge in [-0.3, -0.25) is 9.69 Å². The Labute approximate surface area is 136 Å². The van der Waals surface area contributed by atoms with Crippen LogP contribution in [0, 0.1) is 0 Å². The summed E-state index contributed by atoms with van der Waals surface area (Å²) in [7, 11) is 0. The van der Waals surface area contributed by atoms with E-state index >= 15 is 0 Å². The van der Waals surface area contributed by atoms with Crippen molar-refractivity contribution in [2.24, 2.45) is 0 Å². The first-order valence-corrected chi connectivity index (χ1v) is 7.89. The van der Waals surface area contributed by atoms with Crippen LogP contribution in [-0.2, 0) is 27.4 Å². The van der Waals surface area contributed by atoms with E-state index in [4.69, 9.17) is 9.47 Å². The zero-order chi connectivity index (χ0) is 15.9. The van der Waals surface area contributed by atoms with Crippen molar-refractivity contribution >= 4 is 5.97 Å². The van der Waals surface area contributed by atoms with Gasteiger partial charge in [-0.25, -0.2) is 0 Å². The van der Waals surface area contributed by atoms with Gasteiger partial charge < -0.3 is 9.47 Å². The van der Waals surface area contributed by atoms with Crippen molar-refractivity contribution in [2.75, 3.05) is 19.8 Å². The van der Waals surface area contributed by atoms with Crippen LogP contribution in [0.15, 0.2) is 60.7 Å². The summed E-state index contributed by atoms with van der Waals surface area (Å²) in [5.41, 5.74) is 2.18. The normalized spacial score (nSPS) is 18.5. The van der Waals surface area contributed by atoms with Crippen LogP contribution in [0.4, 0.5) is 0 Å². The van der Waals surface area contributed by atoms with Gasteiger partial charge in [0.1, 0.15) is 12.6 Å². The third-order valence-electron chi connectivity index (χ3n) is 3.96. The zero-order valence-corrected chi connectivity index (χ0v) is 13.1. The highest BCUT2D eigenvalue weighted by Gasteiger charge is 2.30. The van der Waals surface area contributed by atoms with Crippen LogP contribution < -0.4 is 0 Å². The summed E-state index contributed by atoms with van der Waals surface area (Å²) in [5.74, 6) is -0.218. The summed E-state index contributed by atoms with van der Waals surface area (Å²) in [4.78, 5) is 14.6. The predicted molar refractivity (Wildman–Crippen MR) is 87.7 cm³/mol. The van der Waals surface area contributed by atoms with Crippen LogP contribution in [0.1, 0.15) is 11.1 Å². The summed E-state index contributed by atoms with van der Waals surface area (Å²) >= 11 is 0. The highest BCUT2D eigenvalue weighted by molar-refractivity contribution is 5.76. The van der Waals surface area contributed by atoms with Crippen molar-refractivity contribution in [2.45, 2.75) is 19.2 Å². The lowest BCUT2D eigenvalue weighted by molar-refractivity contribution is -0.158. The molecule has 2 aromatic carbocycles. The minimum Gasteiger partial charge on any atom is -0.460 e. The molecule has 1 atom stereocenters. The Morgan fingerprint density at radius 2 is 1.70 bits per heavy atom. The molecule has 0 N–H and O–H groups in total. The molecule has 120 valence electrons. The van der Waals surface area contributed by atoms with Crippen LogP contribution in [0.2, 0.25) is 0 Å². The molecule has 1 aliphatic heterocycles. The maximum atomic E-state index is 12.4. The molecule has 23 heavy (non-hydrogen) atoms. The quantitative estimate of drug-likeness (QED) is 0.796. The third kappa shape index (κ3) is 4.41. The lowest BCUT2D eigenvalue weighted by Gasteiger charge is -2.33. The minimum absolute atomic E-state index is 0.218. The minimum atomic E-state index is -0.340. The molecule has 0 spiro atoms. The summed E-state index contributed by atoms with van der Waals surface area (Å²) in [6, 6.07) is 19.5. The third-order valence-corrected chi connectivity index (χ3v) is 3.96. The van der Waals surface area contributed by atoms with E-state index in [-0.39, 0.29) is 12.0 Å². The molecule has 1 heterocycles. The Morgan fingerprint density at radius 1 is 1.04 bits per heavy atom. The largest absolute Gasteiger partial charge is 0.460 e. The molecule has 0 aliphatic carbocycles. The number of carbonyl (C=O) groups excluding carboxylic acids is 1. The second kappa shape index (κ2) is 7.90. The molecule has 1 aliphatic rings. The Balaban J connectivity index is 1.60. The van der Waals surface area contributed by atoms with E-state index in [0.717, 1.165) is 18.7 Å². The second-order valence-electron chi connectivity index (χ2n) is 5.64. The Morgan fingerprint density at radius 3 is 2.39 bits per heavy atom. The summed E-state index contributed by atoms with van der Waals surface area (Å²) in [5, 5.41) is 0. The number of hydrogen-bond donors (Lipinski definition) is 0. The van der Waals surface area contributed by atoms with E-state index in [1.54, 1.807) is 0 Å². The fourth-order valence-corrected chi connectivity index (χ4v) is 2.69. The molecule has 2 aromatic rings. The van der Waals surface area contributed by atoms with Crippen LogP contribution >= 0.6 is 0 Å². The maximum absolute atomic E-state index is 12.4. The lowest BCUT2D eigenvalue weighted by Crippen LogP contribution is -2.50. The second-order valence-corrected chi connectivity index (χ2v) is 5.64. The molecule has 4 heteroatoms. The SMILES string of the molecule is O=C(OCc1ccccc1)[C@H]1COCCN1Cc1ccccc1. The van der Waals surface area contributed by atoms with Gasteiger partial charge in [0.15, 0.2) is 0 Å². The van der Waals surface area contributed by atoms with Gasteiger partial charge >= 0.3 is 5.97 Å². The molecule has 0 radical (unpaired) electrons. The van der Waals surface area contributed by atoms with Crippen LogP contribution in [0.3, 0.4) is 0 Å². The van der Waals surface area contributed by atoms with Gasteiger partial charge in [0.2, 0.25) is 0 Å². The molecule has 0 amide bonds. The number of esters is 1. The van der Waals surface area contributed by atoms with E-state index in [2.05, 4.69) is 17.0 Å². The van der Waals surface area contributed by atoms with Gasteiger partial charge in [-0.15, -0.1) is 0 Å². The van der Waals surface area contributed by atoms with Crippen molar-refractivity contribution in [1.29, 1.82) is 0 Å². The van der Waals surface area contributed by atoms with Gasteiger partial charge in [0.25, 0.3) is 0 Å². The van der Waals surface area contributed by atoms with Crippen LogP contribution in [-0.4, -0.2) is 36.7 Å². The van der Waals surface area contributed by atoms with Crippen LogP contribution in [0.5, 0.6) is 0 Å². The predicted octanol–water partition coefficient (Wildman–Crippen LogP) is 2.63. The Hall–Kier alpha value is -2.17. The average molecular weight is 311 g/mol. The average Bonchev–Trinajstić information content (AvgIpc) is 2.62. The highest BCUT2D eigenvalue weighted by atomic mass is 16.5. The number of ether oxygens (including phenoxy) is 2. The smallest absolute Gasteiger partial charge is 0.326 e. The van der Waals surface area contributed by atoms with Crippen molar-refractivity contribution < 1.29 is 14.3 Å². The molecule has 1 saturated heterocycles. The molecule has 0 saturated carbocycles. The topological polar surface area (TPSA) is 38.8 Å². The van der Waals surface area contributed by atoms with Gasteiger partial charge in [-0.1, -0.05) is 60.7 Å². The highest BCUT2D eigenvalue weighted by Crippen LogP contribution is 2.14. The molecular weight excluding hydrogens is 290 g/mol. The molecule has 0 bridgehead atoms. The zero-order valence-electron chi connectivity index (χ0n) is 13.1. The number of morpholine rings is 1. The lowest BCUT2D eigenvalue weighted by atomic mass is 10.1. The number of rotatable bonds is 5. The summed E-state index contributed by atoms with van der Waals surface area (Å²) in [6.45, 7) is 2.81.